The molecule has 9 unspecified atom stereocenters. The molecule has 1 heteroatoms. The average molecular weight is 407 g/mol. The molecule has 0 aromatic rings. The van der Waals surface area contributed by atoms with Crippen LogP contribution in [0.5, 0.6) is 0 Å². The first-order chi connectivity index (χ1) is 13.5. The number of rotatable bonds is 13. The van der Waals surface area contributed by atoms with Gasteiger partial charge in [-0.05, 0) is 92.8 Å². The topological polar surface area (TPSA) is 0 Å². The fourth-order valence-corrected chi connectivity index (χ4v) is 6.32. The van der Waals surface area contributed by atoms with Gasteiger partial charge in [0.15, 0.2) is 0 Å². The molecule has 0 aliphatic heterocycles. The molecule has 1 fully saturated rings. The zero-order valence-corrected chi connectivity index (χ0v) is 21.1. The number of hydrogen-bond donors (Lipinski definition) is 0. The van der Waals surface area contributed by atoms with E-state index in [1.807, 2.05) is 6.92 Å². The van der Waals surface area contributed by atoms with Crippen molar-refractivity contribution < 1.29 is 4.39 Å². The van der Waals surface area contributed by atoms with Gasteiger partial charge in [-0.25, -0.2) is 4.39 Å². The molecule has 0 heterocycles. The lowest BCUT2D eigenvalue weighted by Gasteiger charge is -2.61. The van der Waals surface area contributed by atoms with Crippen molar-refractivity contribution in [2.45, 2.75) is 107 Å². The van der Waals surface area contributed by atoms with Crippen LogP contribution in [-0.2, 0) is 0 Å². The van der Waals surface area contributed by atoms with E-state index in [4.69, 9.17) is 0 Å². The molecular formula is C28H51F. The summed E-state index contributed by atoms with van der Waals surface area (Å²) in [5, 5.41) is 0. The van der Waals surface area contributed by atoms with Crippen molar-refractivity contribution in [2.75, 3.05) is 0 Å². The minimum Gasteiger partial charge on any atom is -0.247 e. The number of halogens is 1. The summed E-state index contributed by atoms with van der Waals surface area (Å²) in [7, 11) is 0. The summed E-state index contributed by atoms with van der Waals surface area (Å²) in [5.41, 5.74) is 1.50. The third-order valence-electron chi connectivity index (χ3n) is 8.26. The highest BCUT2D eigenvalue weighted by Crippen LogP contribution is 2.61. The van der Waals surface area contributed by atoms with Crippen LogP contribution in [0.4, 0.5) is 4.39 Å². The first kappa shape index (κ1) is 26.4. The van der Waals surface area contributed by atoms with Crippen molar-refractivity contribution in [1.29, 1.82) is 0 Å². The van der Waals surface area contributed by atoms with Crippen LogP contribution in [0.25, 0.3) is 0 Å². The molecule has 0 N–H and O–H groups in total. The Hall–Kier alpha value is -0.590. The molecule has 0 nitrogen and oxygen atoms in total. The van der Waals surface area contributed by atoms with E-state index >= 15 is 0 Å². The smallest absolute Gasteiger partial charge is 0.100 e. The summed E-state index contributed by atoms with van der Waals surface area (Å²) in [6, 6.07) is 0. The van der Waals surface area contributed by atoms with Gasteiger partial charge in [0.25, 0.3) is 0 Å². The standard InChI is InChI=1S/C28H51F/c1-11-20(6)17-28(10,18-25(29)13-3)27-23(9)22(8)26(27)24(12-2)16-21(7)15-14-19(4)5/h12,14,20-27H,2,11,13,15-18H2,1,3-10H3. The van der Waals surface area contributed by atoms with Crippen LogP contribution in [0, 0.1) is 46.8 Å². The van der Waals surface area contributed by atoms with Crippen LogP contribution in [-0.4, -0.2) is 6.17 Å². The predicted molar refractivity (Wildman–Crippen MR) is 129 cm³/mol. The van der Waals surface area contributed by atoms with E-state index in [0.717, 1.165) is 19.3 Å². The Morgan fingerprint density at radius 1 is 1.03 bits per heavy atom. The lowest BCUT2D eigenvalue weighted by molar-refractivity contribution is -0.123. The molecule has 0 radical (unpaired) electrons. The second-order valence-corrected chi connectivity index (χ2v) is 11.2. The Labute approximate surface area is 182 Å². The van der Waals surface area contributed by atoms with Crippen LogP contribution >= 0.6 is 0 Å². The number of alkyl halides is 1. The van der Waals surface area contributed by atoms with E-state index < -0.39 is 6.17 Å². The summed E-state index contributed by atoms with van der Waals surface area (Å²) >= 11 is 0. The summed E-state index contributed by atoms with van der Waals surface area (Å²) in [6.07, 6.45) is 9.99. The fraction of sp³-hybridized carbons (Fsp3) is 0.857. The molecule has 170 valence electrons. The molecule has 9 atom stereocenters. The van der Waals surface area contributed by atoms with E-state index in [1.165, 1.54) is 18.4 Å². The molecule has 1 aliphatic rings. The Bertz CT molecular complexity index is 502. The molecule has 0 aromatic heterocycles. The van der Waals surface area contributed by atoms with Gasteiger partial charge in [-0.15, -0.1) is 6.58 Å². The van der Waals surface area contributed by atoms with Crippen LogP contribution < -0.4 is 0 Å². The van der Waals surface area contributed by atoms with Gasteiger partial charge in [-0.2, -0.15) is 0 Å². The van der Waals surface area contributed by atoms with E-state index in [9.17, 15) is 4.39 Å². The highest BCUT2D eigenvalue weighted by molar-refractivity contribution is 5.07. The van der Waals surface area contributed by atoms with Gasteiger partial charge in [0.2, 0.25) is 0 Å². The van der Waals surface area contributed by atoms with Crippen molar-refractivity contribution in [3.8, 4) is 0 Å². The molecule has 1 saturated carbocycles. The lowest BCUT2D eigenvalue weighted by Crippen LogP contribution is -2.55. The second-order valence-electron chi connectivity index (χ2n) is 11.2. The molecule has 1 aliphatic carbocycles. The average Bonchev–Trinajstić information content (AvgIpc) is 2.67. The van der Waals surface area contributed by atoms with Crippen molar-refractivity contribution in [1.82, 2.24) is 0 Å². The highest BCUT2D eigenvalue weighted by atomic mass is 19.1. The normalized spacial score (nSPS) is 30.4. The first-order valence-electron chi connectivity index (χ1n) is 12.4. The van der Waals surface area contributed by atoms with Gasteiger partial charge in [0.1, 0.15) is 6.17 Å². The molecule has 29 heavy (non-hydrogen) atoms. The van der Waals surface area contributed by atoms with Crippen LogP contribution in [0.15, 0.2) is 24.3 Å². The maximum absolute atomic E-state index is 14.7. The van der Waals surface area contributed by atoms with Crippen molar-refractivity contribution in [3.63, 3.8) is 0 Å². The molecular weight excluding hydrogens is 355 g/mol. The van der Waals surface area contributed by atoms with Crippen molar-refractivity contribution >= 4 is 0 Å². The minimum absolute atomic E-state index is 0.0891. The molecule has 0 bridgehead atoms. The monoisotopic (exact) mass is 406 g/mol. The highest BCUT2D eigenvalue weighted by Gasteiger charge is 2.55. The zero-order valence-electron chi connectivity index (χ0n) is 21.1. The molecule has 0 saturated heterocycles. The molecule has 0 amide bonds. The maximum atomic E-state index is 14.7. The van der Waals surface area contributed by atoms with E-state index in [-0.39, 0.29) is 5.41 Å². The second kappa shape index (κ2) is 11.7. The van der Waals surface area contributed by atoms with Gasteiger partial charge in [0, 0.05) is 0 Å². The maximum Gasteiger partial charge on any atom is 0.100 e. The summed E-state index contributed by atoms with van der Waals surface area (Å²) < 4.78 is 14.7. The molecule has 0 aromatic carbocycles. The third-order valence-corrected chi connectivity index (χ3v) is 8.26. The molecule has 0 spiro atoms. The largest absolute Gasteiger partial charge is 0.247 e. The van der Waals surface area contributed by atoms with Crippen LogP contribution in [0.3, 0.4) is 0 Å². The molecule has 1 rings (SSSR count). The minimum atomic E-state index is -0.674. The van der Waals surface area contributed by atoms with Gasteiger partial charge in [0.05, 0.1) is 0 Å². The zero-order chi connectivity index (χ0) is 22.4. The van der Waals surface area contributed by atoms with Gasteiger partial charge in [-0.3, -0.25) is 0 Å². The van der Waals surface area contributed by atoms with Crippen molar-refractivity contribution in [2.24, 2.45) is 46.8 Å². The Morgan fingerprint density at radius 2 is 1.66 bits per heavy atom. The Kier molecular flexibility index (Phi) is 10.7. The predicted octanol–water partition coefficient (Wildman–Crippen LogP) is 9.27. The first-order valence-corrected chi connectivity index (χ1v) is 12.4. The van der Waals surface area contributed by atoms with Crippen LogP contribution in [0.1, 0.15) is 101 Å². The Balaban J connectivity index is 3.09. The van der Waals surface area contributed by atoms with E-state index in [1.54, 1.807) is 0 Å². The van der Waals surface area contributed by atoms with Crippen molar-refractivity contribution in [3.05, 3.63) is 24.3 Å². The van der Waals surface area contributed by atoms with Gasteiger partial charge < -0.3 is 0 Å². The Morgan fingerprint density at radius 3 is 2.14 bits per heavy atom. The summed E-state index contributed by atoms with van der Waals surface area (Å²) in [5.74, 6) is 4.50. The van der Waals surface area contributed by atoms with Gasteiger partial charge in [-0.1, -0.05) is 72.6 Å². The van der Waals surface area contributed by atoms with Gasteiger partial charge >= 0.3 is 0 Å². The quantitative estimate of drug-likeness (QED) is 0.267. The summed E-state index contributed by atoms with van der Waals surface area (Å²) in [4.78, 5) is 0. The lowest BCUT2D eigenvalue weighted by atomic mass is 9.44. The SMILES string of the molecule is C=CC(CC(C)CC=C(C)C)C1C(C)C(C)C1C(C)(CC(C)CC)CC(F)CC. The number of allylic oxidation sites excluding steroid dienone is 3. The van der Waals surface area contributed by atoms with Crippen LogP contribution in [0.2, 0.25) is 0 Å². The number of hydrogen-bond acceptors (Lipinski definition) is 0. The van der Waals surface area contributed by atoms with E-state index in [0.29, 0.717) is 47.8 Å². The third kappa shape index (κ3) is 6.96. The fourth-order valence-electron chi connectivity index (χ4n) is 6.32. The van der Waals surface area contributed by atoms with E-state index in [2.05, 4.69) is 74.1 Å². The summed E-state index contributed by atoms with van der Waals surface area (Å²) in [6.45, 7) is 24.9.